The van der Waals surface area contributed by atoms with Gasteiger partial charge in [-0.2, -0.15) is 10.4 Å². The van der Waals surface area contributed by atoms with Gasteiger partial charge in [0.1, 0.15) is 11.4 Å². The molecule has 0 saturated heterocycles. The number of aromatic nitrogens is 2. The van der Waals surface area contributed by atoms with E-state index in [1.54, 1.807) is 11.8 Å². The monoisotopic (exact) mass is 327 g/mol. The fourth-order valence-corrected chi connectivity index (χ4v) is 3.40. The predicted octanol–water partition coefficient (Wildman–Crippen LogP) is 4.67. The molecule has 120 valence electrons. The zero-order valence-corrected chi connectivity index (χ0v) is 14.8. The van der Waals surface area contributed by atoms with Crippen molar-refractivity contribution in [3.05, 3.63) is 40.2 Å². The standard InChI is InChI=1S/C18H21N3OS/c1-11-7-15(8-12(2)16(11)9-19)22-18-13(3)20-21(10-23-4)17(18)14-5-6-14/h7-8,14H,5-6,10H2,1-4H3. The summed E-state index contributed by atoms with van der Waals surface area (Å²) >= 11 is 1.76. The van der Waals surface area contributed by atoms with Gasteiger partial charge in [-0.15, -0.1) is 11.8 Å². The van der Waals surface area contributed by atoms with Crippen molar-refractivity contribution < 1.29 is 4.74 Å². The van der Waals surface area contributed by atoms with E-state index in [4.69, 9.17) is 4.74 Å². The highest BCUT2D eigenvalue weighted by Crippen LogP contribution is 2.46. The van der Waals surface area contributed by atoms with Gasteiger partial charge in [0, 0.05) is 5.92 Å². The molecule has 0 radical (unpaired) electrons. The average Bonchev–Trinajstić information content (AvgIpc) is 3.26. The third-order valence-corrected chi connectivity index (χ3v) is 4.67. The minimum atomic E-state index is 0.568. The molecule has 1 heterocycles. The van der Waals surface area contributed by atoms with Crippen LogP contribution in [0.2, 0.25) is 0 Å². The molecule has 5 heteroatoms. The van der Waals surface area contributed by atoms with Crippen LogP contribution in [0.15, 0.2) is 12.1 Å². The summed E-state index contributed by atoms with van der Waals surface area (Å²) in [6, 6.07) is 6.13. The summed E-state index contributed by atoms with van der Waals surface area (Å²) in [6.45, 7) is 5.90. The Morgan fingerprint density at radius 1 is 1.30 bits per heavy atom. The van der Waals surface area contributed by atoms with Crippen LogP contribution in [0, 0.1) is 32.1 Å². The van der Waals surface area contributed by atoms with E-state index in [1.807, 2.05) is 32.9 Å². The largest absolute Gasteiger partial charge is 0.453 e. The van der Waals surface area contributed by atoms with Crippen LogP contribution < -0.4 is 4.74 Å². The first kappa shape index (κ1) is 15.9. The van der Waals surface area contributed by atoms with Crippen molar-refractivity contribution in [2.45, 2.75) is 45.4 Å². The van der Waals surface area contributed by atoms with E-state index in [0.717, 1.165) is 39.8 Å². The minimum Gasteiger partial charge on any atom is -0.453 e. The SMILES string of the molecule is CSCn1nc(C)c(Oc2cc(C)c(C#N)c(C)c2)c1C1CC1. The third kappa shape index (κ3) is 3.09. The highest BCUT2D eigenvalue weighted by Gasteiger charge is 2.33. The molecule has 0 bridgehead atoms. The van der Waals surface area contributed by atoms with Crippen LogP contribution in [0.4, 0.5) is 0 Å². The first-order chi connectivity index (χ1) is 11.0. The molecule has 0 unspecified atom stereocenters. The lowest BCUT2D eigenvalue weighted by Gasteiger charge is -2.11. The fourth-order valence-electron chi connectivity index (χ4n) is 2.96. The number of nitrogens with zero attached hydrogens (tertiary/aromatic N) is 3. The first-order valence-corrected chi connectivity index (χ1v) is 9.20. The van der Waals surface area contributed by atoms with E-state index in [0.29, 0.717) is 5.92 Å². The summed E-state index contributed by atoms with van der Waals surface area (Å²) in [5, 5.41) is 13.9. The van der Waals surface area contributed by atoms with Crippen LogP contribution in [-0.2, 0) is 5.88 Å². The number of ether oxygens (including phenoxy) is 1. The van der Waals surface area contributed by atoms with E-state index in [1.165, 1.54) is 18.5 Å². The van der Waals surface area contributed by atoms with E-state index >= 15 is 0 Å². The maximum atomic E-state index is 9.21. The van der Waals surface area contributed by atoms with E-state index in [2.05, 4.69) is 22.1 Å². The van der Waals surface area contributed by atoms with Gasteiger partial charge in [0.05, 0.1) is 23.2 Å². The second-order valence-electron chi connectivity index (χ2n) is 6.14. The molecule has 0 amide bonds. The zero-order chi connectivity index (χ0) is 16.6. The van der Waals surface area contributed by atoms with Crippen molar-refractivity contribution in [2.75, 3.05) is 6.26 Å². The van der Waals surface area contributed by atoms with Gasteiger partial charge in [-0.1, -0.05) is 0 Å². The third-order valence-electron chi connectivity index (χ3n) is 4.16. The van der Waals surface area contributed by atoms with Crippen LogP contribution in [0.1, 0.15) is 46.8 Å². The number of rotatable bonds is 5. The number of thioether (sulfide) groups is 1. The first-order valence-electron chi connectivity index (χ1n) is 7.80. The van der Waals surface area contributed by atoms with Gasteiger partial charge in [-0.05, 0) is 63.1 Å². The summed E-state index contributed by atoms with van der Waals surface area (Å²) in [4.78, 5) is 0. The summed E-state index contributed by atoms with van der Waals surface area (Å²) in [7, 11) is 0. The molecule has 1 aromatic carbocycles. The van der Waals surface area contributed by atoms with Crippen LogP contribution in [0.5, 0.6) is 11.5 Å². The topological polar surface area (TPSA) is 50.8 Å². The van der Waals surface area contributed by atoms with Gasteiger partial charge >= 0.3 is 0 Å². The lowest BCUT2D eigenvalue weighted by atomic mass is 10.0. The number of nitriles is 1. The average molecular weight is 327 g/mol. The molecule has 0 spiro atoms. The van der Waals surface area contributed by atoms with Crippen LogP contribution in [-0.4, -0.2) is 16.0 Å². The van der Waals surface area contributed by atoms with Gasteiger partial charge in [-0.25, -0.2) is 0 Å². The normalized spacial score (nSPS) is 13.9. The van der Waals surface area contributed by atoms with Crippen LogP contribution >= 0.6 is 11.8 Å². The molecule has 1 aromatic heterocycles. The van der Waals surface area contributed by atoms with Crippen LogP contribution in [0.3, 0.4) is 0 Å². The Kier molecular flexibility index (Phi) is 4.36. The van der Waals surface area contributed by atoms with Crippen molar-refractivity contribution in [1.29, 1.82) is 5.26 Å². The predicted molar refractivity (Wildman–Crippen MR) is 93.2 cm³/mol. The Balaban J connectivity index is 1.99. The summed E-state index contributed by atoms with van der Waals surface area (Å²) in [6.07, 6.45) is 4.50. The smallest absolute Gasteiger partial charge is 0.171 e. The van der Waals surface area contributed by atoms with Gasteiger partial charge < -0.3 is 4.74 Å². The van der Waals surface area contributed by atoms with Gasteiger partial charge in [0.25, 0.3) is 0 Å². The van der Waals surface area contributed by atoms with Gasteiger partial charge in [0.15, 0.2) is 5.75 Å². The second kappa shape index (κ2) is 6.29. The van der Waals surface area contributed by atoms with Crippen molar-refractivity contribution in [1.82, 2.24) is 9.78 Å². The highest BCUT2D eigenvalue weighted by atomic mass is 32.2. The van der Waals surface area contributed by atoms with Gasteiger partial charge in [-0.3, -0.25) is 4.68 Å². The maximum absolute atomic E-state index is 9.21. The zero-order valence-electron chi connectivity index (χ0n) is 14.0. The quantitative estimate of drug-likeness (QED) is 0.800. The molecule has 1 saturated carbocycles. The molecule has 0 atom stereocenters. The molecule has 23 heavy (non-hydrogen) atoms. The molecule has 1 aliphatic rings. The van der Waals surface area contributed by atoms with Crippen molar-refractivity contribution >= 4 is 11.8 Å². The Morgan fingerprint density at radius 3 is 2.48 bits per heavy atom. The molecule has 1 aliphatic carbocycles. The molecule has 0 N–H and O–H groups in total. The Morgan fingerprint density at radius 2 is 1.96 bits per heavy atom. The number of hydrogen-bond donors (Lipinski definition) is 0. The number of aryl methyl sites for hydroxylation is 3. The number of hydrogen-bond acceptors (Lipinski definition) is 4. The fraction of sp³-hybridized carbons (Fsp3) is 0.444. The number of benzene rings is 1. The van der Waals surface area contributed by atoms with Crippen molar-refractivity contribution in [3.8, 4) is 17.6 Å². The second-order valence-corrected chi connectivity index (χ2v) is 6.97. The molecule has 1 fully saturated rings. The summed E-state index contributed by atoms with van der Waals surface area (Å²) in [5.74, 6) is 3.10. The molecular weight excluding hydrogens is 306 g/mol. The van der Waals surface area contributed by atoms with Crippen molar-refractivity contribution in [2.24, 2.45) is 0 Å². The lowest BCUT2D eigenvalue weighted by Crippen LogP contribution is -2.02. The summed E-state index contributed by atoms with van der Waals surface area (Å²) < 4.78 is 8.31. The Bertz CT molecular complexity index is 761. The minimum absolute atomic E-state index is 0.568. The molecule has 4 nitrogen and oxygen atoms in total. The van der Waals surface area contributed by atoms with E-state index < -0.39 is 0 Å². The highest BCUT2D eigenvalue weighted by molar-refractivity contribution is 7.97. The Hall–Kier alpha value is -1.93. The summed E-state index contributed by atoms with van der Waals surface area (Å²) in [5.41, 5.74) is 4.78. The maximum Gasteiger partial charge on any atom is 0.171 e. The van der Waals surface area contributed by atoms with E-state index in [9.17, 15) is 5.26 Å². The molecular formula is C18H21N3OS. The molecule has 3 rings (SSSR count). The lowest BCUT2D eigenvalue weighted by molar-refractivity contribution is 0.470. The molecule has 2 aromatic rings. The van der Waals surface area contributed by atoms with Gasteiger partial charge in [0.2, 0.25) is 0 Å². The molecule has 0 aliphatic heterocycles. The Labute approximate surface area is 141 Å². The van der Waals surface area contributed by atoms with E-state index in [-0.39, 0.29) is 0 Å². The van der Waals surface area contributed by atoms with Crippen molar-refractivity contribution in [3.63, 3.8) is 0 Å². The van der Waals surface area contributed by atoms with Crippen LogP contribution in [0.25, 0.3) is 0 Å².